The van der Waals surface area contributed by atoms with Crippen molar-refractivity contribution in [1.29, 1.82) is 0 Å². The average Bonchev–Trinajstić information content (AvgIpc) is 3.10. The van der Waals surface area contributed by atoms with Gasteiger partial charge in [-0.25, -0.2) is 0 Å². The van der Waals surface area contributed by atoms with Gasteiger partial charge < -0.3 is 10.2 Å². The van der Waals surface area contributed by atoms with Crippen molar-refractivity contribution in [3.05, 3.63) is 79.9 Å². The average molecular weight is 481 g/mol. The van der Waals surface area contributed by atoms with Crippen molar-refractivity contribution in [3.63, 3.8) is 0 Å². The van der Waals surface area contributed by atoms with Gasteiger partial charge in [-0.15, -0.1) is 0 Å². The summed E-state index contributed by atoms with van der Waals surface area (Å²) in [6.45, 7) is 5.17. The Hall–Kier alpha value is -4.68. The first-order valence-corrected chi connectivity index (χ1v) is 10.6. The van der Waals surface area contributed by atoms with Crippen LogP contribution in [0.4, 0.5) is 17.1 Å². The molecule has 1 N–H and O–H groups in total. The third-order valence-electron chi connectivity index (χ3n) is 5.07. The molecule has 3 rings (SSSR count). The molecule has 13 heteroatoms. The van der Waals surface area contributed by atoms with Crippen molar-refractivity contribution >= 4 is 28.7 Å². The number of nitrogens with one attached hydrogen (secondary N) is 1. The number of non-ortho nitro benzene ring substituents is 1. The zero-order chi connectivity index (χ0) is 25.5. The third kappa shape index (κ3) is 6.43. The zero-order valence-electron chi connectivity index (χ0n) is 19.3. The number of anilines is 1. The van der Waals surface area contributed by atoms with Crippen molar-refractivity contribution in [2.24, 2.45) is 5.16 Å². The van der Waals surface area contributed by atoms with E-state index in [1.807, 2.05) is 0 Å². The van der Waals surface area contributed by atoms with Crippen LogP contribution in [-0.2, 0) is 11.3 Å². The summed E-state index contributed by atoms with van der Waals surface area (Å²) in [7, 11) is 0. The van der Waals surface area contributed by atoms with Gasteiger partial charge in [0.1, 0.15) is 11.4 Å². The van der Waals surface area contributed by atoms with E-state index in [1.165, 1.54) is 22.9 Å². The molecule has 0 spiro atoms. The molecule has 0 aliphatic heterocycles. The fraction of sp³-hybridized carbons (Fsp3) is 0.273. The van der Waals surface area contributed by atoms with Crippen LogP contribution in [0.25, 0.3) is 0 Å². The first kappa shape index (κ1) is 25.0. The fourth-order valence-corrected chi connectivity index (χ4v) is 3.36. The minimum atomic E-state index is -0.600. The monoisotopic (exact) mass is 481 g/mol. The largest absolute Gasteiger partial charge is 0.356 e. The molecule has 0 radical (unpaired) electrons. The molecular formula is C22H23N7O6. The molecule has 182 valence electrons. The number of amides is 1. The summed E-state index contributed by atoms with van der Waals surface area (Å²) in [5.41, 5.74) is 1.89. The van der Waals surface area contributed by atoms with Gasteiger partial charge in [-0.05, 0) is 39.3 Å². The Kier molecular flexibility index (Phi) is 7.81. The number of nitro groups is 2. The molecule has 35 heavy (non-hydrogen) atoms. The van der Waals surface area contributed by atoms with E-state index in [4.69, 9.17) is 4.84 Å². The Labute approximate surface area is 199 Å². The van der Waals surface area contributed by atoms with Crippen molar-refractivity contribution in [1.82, 2.24) is 14.8 Å². The minimum Gasteiger partial charge on any atom is -0.356 e. The summed E-state index contributed by atoms with van der Waals surface area (Å²) in [6.07, 6.45) is 3.64. The lowest BCUT2D eigenvalue weighted by Gasteiger charge is -2.08. The van der Waals surface area contributed by atoms with Crippen molar-refractivity contribution in [2.75, 3.05) is 5.32 Å². The maximum Gasteiger partial charge on any atom is 0.312 e. The minimum absolute atomic E-state index is 0.0413. The van der Waals surface area contributed by atoms with Gasteiger partial charge in [0.05, 0.1) is 27.3 Å². The van der Waals surface area contributed by atoms with Gasteiger partial charge in [0, 0.05) is 43.1 Å². The molecule has 0 aliphatic rings. The van der Waals surface area contributed by atoms with Crippen LogP contribution in [0, 0.1) is 34.1 Å². The van der Waals surface area contributed by atoms with Gasteiger partial charge in [0.25, 0.3) is 5.69 Å². The van der Waals surface area contributed by atoms with Crippen LogP contribution in [0.1, 0.15) is 36.7 Å². The molecule has 0 atom stereocenters. The van der Waals surface area contributed by atoms with E-state index >= 15 is 0 Å². The Morgan fingerprint density at radius 2 is 1.86 bits per heavy atom. The Bertz CT molecular complexity index is 1290. The van der Waals surface area contributed by atoms with Gasteiger partial charge in [-0.3, -0.25) is 34.7 Å². The molecule has 0 aliphatic carbocycles. The molecule has 0 saturated carbocycles. The number of carbonyl (C=O) groups excluding carboxylic acids is 1. The number of hydrogen-bond donors (Lipinski definition) is 1. The summed E-state index contributed by atoms with van der Waals surface area (Å²) >= 11 is 0. The van der Waals surface area contributed by atoms with Gasteiger partial charge in [0.2, 0.25) is 5.91 Å². The number of nitrogens with zero attached hydrogens (tertiary/aromatic N) is 6. The second kappa shape index (κ2) is 11.0. The molecular weight excluding hydrogens is 458 g/mol. The maximum atomic E-state index is 12.4. The topological polar surface area (TPSA) is 168 Å². The van der Waals surface area contributed by atoms with Gasteiger partial charge in [-0.1, -0.05) is 5.16 Å². The fourth-order valence-electron chi connectivity index (χ4n) is 3.36. The summed E-state index contributed by atoms with van der Waals surface area (Å²) in [5.74, 6) is -0.304. The summed E-state index contributed by atoms with van der Waals surface area (Å²) in [5, 5.41) is 33.2. The van der Waals surface area contributed by atoms with Gasteiger partial charge >= 0.3 is 5.69 Å². The normalized spacial score (nSPS) is 11.2. The third-order valence-corrected chi connectivity index (χ3v) is 5.07. The molecule has 1 aromatic carbocycles. The Morgan fingerprint density at radius 3 is 2.49 bits per heavy atom. The van der Waals surface area contributed by atoms with E-state index in [-0.39, 0.29) is 35.1 Å². The van der Waals surface area contributed by atoms with E-state index in [0.29, 0.717) is 30.1 Å². The molecule has 0 fully saturated rings. The van der Waals surface area contributed by atoms with Crippen LogP contribution in [-0.4, -0.2) is 36.2 Å². The van der Waals surface area contributed by atoms with Crippen molar-refractivity contribution in [2.45, 2.75) is 40.2 Å². The van der Waals surface area contributed by atoms with Gasteiger partial charge in [0.15, 0.2) is 5.75 Å². The summed E-state index contributed by atoms with van der Waals surface area (Å²) in [6, 6.07) is 7.33. The van der Waals surface area contributed by atoms with Crippen LogP contribution < -0.4 is 10.2 Å². The van der Waals surface area contributed by atoms with Crippen LogP contribution >= 0.6 is 0 Å². The molecule has 2 heterocycles. The van der Waals surface area contributed by atoms with Gasteiger partial charge in [-0.2, -0.15) is 5.10 Å². The number of aromatic nitrogens is 3. The van der Waals surface area contributed by atoms with E-state index in [1.54, 1.807) is 45.3 Å². The molecule has 13 nitrogen and oxygen atoms in total. The first-order valence-electron chi connectivity index (χ1n) is 10.6. The number of oxime groups is 1. The summed E-state index contributed by atoms with van der Waals surface area (Å²) < 4.78 is 1.49. The highest BCUT2D eigenvalue weighted by Gasteiger charge is 2.21. The highest BCUT2D eigenvalue weighted by atomic mass is 16.6. The molecule has 3 aromatic rings. The Balaban J connectivity index is 1.65. The van der Waals surface area contributed by atoms with Crippen molar-refractivity contribution in [3.8, 4) is 5.75 Å². The lowest BCUT2D eigenvalue weighted by molar-refractivity contribution is -0.386. The number of benzene rings is 1. The number of aryl methyl sites for hydroxylation is 2. The number of pyridine rings is 1. The second-order valence-corrected chi connectivity index (χ2v) is 7.63. The first-order chi connectivity index (χ1) is 16.7. The van der Waals surface area contributed by atoms with E-state index in [9.17, 15) is 25.0 Å². The van der Waals surface area contributed by atoms with Crippen molar-refractivity contribution < 1.29 is 19.5 Å². The molecule has 0 bridgehead atoms. The Morgan fingerprint density at radius 1 is 1.14 bits per heavy atom. The smallest absolute Gasteiger partial charge is 0.312 e. The number of nitro benzene ring substituents is 1. The van der Waals surface area contributed by atoms with E-state index in [0.717, 1.165) is 5.56 Å². The maximum absolute atomic E-state index is 12.4. The number of carbonyl (C=O) groups is 1. The molecule has 1 amide bonds. The SMILES string of the molecule is CC(=NOc1cc(NC(=O)CCCn2nc(C)c([N+](=O)[O-])c2C)cc([N+](=O)[O-])c1)c1ccncc1. The molecule has 2 aromatic heterocycles. The van der Waals surface area contributed by atoms with Crippen LogP contribution in [0.3, 0.4) is 0 Å². The standard InChI is InChI=1S/C22H23N7O6/c1-14(17-6-8-23-9-7-17)26-35-20-12-18(11-19(13-20)28(31)32)24-21(30)5-4-10-27-16(3)22(29(33)34)15(2)25-27/h6-9,11-13H,4-5,10H2,1-3H3,(H,24,30). The lowest BCUT2D eigenvalue weighted by atomic mass is 10.2. The highest BCUT2D eigenvalue weighted by Crippen LogP contribution is 2.27. The predicted molar refractivity (Wildman–Crippen MR) is 126 cm³/mol. The number of hydrogen-bond acceptors (Lipinski definition) is 9. The predicted octanol–water partition coefficient (Wildman–Crippen LogP) is 3.93. The zero-order valence-corrected chi connectivity index (χ0v) is 19.3. The molecule has 0 saturated heterocycles. The van der Waals surface area contributed by atoms with Crippen LogP contribution in [0.5, 0.6) is 5.75 Å². The molecule has 0 unspecified atom stereocenters. The summed E-state index contributed by atoms with van der Waals surface area (Å²) in [4.78, 5) is 43.1. The lowest BCUT2D eigenvalue weighted by Crippen LogP contribution is -2.13. The van der Waals surface area contributed by atoms with E-state index < -0.39 is 9.85 Å². The van der Waals surface area contributed by atoms with E-state index in [2.05, 4.69) is 20.6 Å². The number of rotatable bonds is 10. The van der Waals surface area contributed by atoms with Crippen LogP contribution in [0.2, 0.25) is 0 Å². The quantitative estimate of drug-likeness (QED) is 0.258. The highest BCUT2D eigenvalue weighted by molar-refractivity contribution is 5.98. The second-order valence-electron chi connectivity index (χ2n) is 7.63. The van der Waals surface area contributed by atoms with Crippen LogP contribution in [0.15, 0.2) is 47.9 Å².